The van der Waals surface area contributed by atoms with Crippen LogP contribution in [0.5, 0.6) is 0 Å². The number of likely N-dealkylation sites (N-methyl/N-ethyl adjacent to an activating group) is 1. The van der Waals surface area contributed by atoms with Gasteiger partial charge in [-0.2, -0.15) is 18.3 Å². The summed E-state index contributed by atoms with van der Waals surface area (Å²) < 4.78 is 39.6. The van der Waals surface area contributed by atoms with E-state index >= 15 is 0 Å². The zero-order valence-corrected chi connectivity index (χ0v) is 18.5. The normalized spacial score (nSPS) is 16.0. The van der Waals surface area contributed by atoms with Crippen molar-refractivity contribution in [2.45, 2.75) is 51.9 Å². The van der Waals surface area contributed by atoms with Gasteiger partial charge in [-0.15, -0.1) is 0 Å². The number of aryl methyl sites for hydroxylation is 3. The summed E-state index contributed by atoms with van der Waals surface area (Å²) in [6.45, 7) is 4.13. The van der Waals surface area contributed by atoms with E-state index in [1.54, 1.807) is 10.9 Å². The smallest absolute Gasteiger partial charge is 0.346 e. The average molecular weight is 459 g/mol. The fraction of sp³-hybridized carbons (Fsp3) is 0.409. The number of carbonyl (C=O) groups excluding carboxylic acids is 1. The first-order valence-corrected chi connectivity index (χ1v) is 10.6. The minimum atomic E-state index is -4.45. The number of carbonyl (C=O) groups is 1. The van der Waals surface area contributed by atoms with Crippen LogP contribution < -0.4 is 10.2 Å². The van der Waals surface area contributed by atoms with E-state index in [2.05, 4.69) is 25.4 Å². The number of pyridine rings is 1. The summed E-state index contributed by atoms with van der Waals surface area (Å²) in [6, 6.07) is 2.11. The highest BCUT2D eigenvalue weighted by molar-refractivity contribution is 6.03. The number of nitrogens with one attached hydrogen (secondary N) is 1. The van der Waals surface area contributed by atoms with Gasteiger partial charge in [0, 0.05) is 25.9 Å². The van der Waals surface area contributed by atoms with Gasteiger partial charge in [0.05, 0.1) is 18.4 Å². The lowest BCUT2D eigenvalue weighted by atomic mass is 10.1. The van der Waals surface area contributed by atoms with Gasteiger partial charge in [0.15, 0.2) is 5.82 Å². The number of hydrogen-bond acceptors (Lipinski definition) is 6. The molecule has 3 aromatic rings. The third kappa shape index (κ3) is 4.81. The van der Waals surface area contributed by atoms with Crippen LogP contribution in [0, 0.1) is 6.92 Å². The number of anilines is 2. The molecule has 33 heavy (non-hydrogen) atoms. The van der Waals surface area contributed by atoms with Gasteiger partial charge < -0.3 is 10.2 Å². The molecule has 1 N–H and O–H groups in total. The van der Waals surface area contributed by atoms with Crippen LogP contribution in [0.25, 0.3) is 0 Å². The molecule has 8 nitrogen and oxygen atoms in total. The number of alkyl halides is 3. The van der Waals surface area contributed by atoms with E-state index < -0.39 is 11.9 Å². The molecule has 1 aliphatic rings. The van der Waals surface area contributed by atoms with E-state index in [4.69, 9.17) is 0 Å². The Morgan fingerprint density at radius 1 is 1.12 bits per heavy atom. The Bertz CT molecular complexity index is 1160. The Hall–Kier alpha value is -3.50. The first-order valence-electron chi connectivity index (χ1n) is 10.6. The monoisotopic (exact) mass is 459 g/mol. The Labute approximate surface area is 188 Å². The molecule has 0 fully saturated rings. The van der Waals surface area contributed by atoms with E-state index in [0.29, 0.717) is 42.9 Å². The van der Waals surface area contributed by atoms with Crippen molar-refractivity contribution < 1.29 is 18.0 Å². The Morgan fingerprint density at radius 2 is 1.91 bits per heavy atom. The zero-order valence-electron chi connectivity index (χ0n) is 18.5. The maximum absolute atomic E-state index is 12.7. The Morgan fingerprint density at radius 3 is 2.58 bits per heavy atom. The summed E-state index contributed by atoms with van der Waals surface area (Å²) in [6.07, 6.45) is 2.24. The molecule has 0 radical (unpaired) electrons. The summed E-state index contributed by atoms with van der Waals surface area (Å²) in [4.78, 5) is 26.9. The van der Waals surface area contributed by atoms with Gasteiger partial charge in [-0.1, -0.05) is 13.0 Å². The van der Waals surface area contributed by atoms with Crippen LogP contribution in [0.3, 0.4) is 0 Å². The predicted octanol–water partition coefficient (Wildman–Crippen LogP) is 3.40. The first-order chi connectivity index (χ1) is 15.7. The summed E-state index contributed by atoms with van der Waals surface area (Å²) in [5.74, 6) is 1.33. The zero-order chi connectivity index (χ0) is 23.8. The summed E-state index contributed by atoms with van der Waals surface area (Å²) in [5, 5.41) is 7.21. The molecule has 3 aromatic heterocycles. The standard InChI is InChI=1S/C22H24F3N7O/c1-4-16-21(33)30-19-13(2)28-18(29-20(19)31(16)3)8-6-15-10-27-32(12-15)11-14-5-7-17(26-9-14)22(23,24)25/h5,7,9-10,12,16H,4,6,8,11H2,1-3H3,(H,30,33)/t16-/m0/s1. The lowest BCUT2D eigenvalue weighted by Crippen LogP contribution is -2.46. The van der Waals surface area contributed by atoms with Gasteiger partial charge >= 0.3 is 6.18 Å². The Balaban J connectivity index is 1.42. The van der Waals surface area contributed by atoms with Crippen molar-refractivity contribution in [2.24, 2.45) is 0 Å². The van der Waals surface area contributed by atoms with Crippen LogP contribution in [0.1, 0.15) is 41.7 Å². The topological polar surface area (TPSA) is 88.8 Å². The van der Waals surface area contributed by atoms with Crippen molar-refractivity contribution in [2.75, 3.05) is 17.3 Å². The van der Waals surface area contributed by atoms with Crippen LogP contribution in [-0.4, -0.2) is 43.7 Å². The number of nitrogens with zero attached hydrogens (tertiary/aromatic N) is 6. The highest BCUT2D eigenvalue weighted by atomic mass is 19.4. The third-order valence-corrected chi connectivity index (χ3v) is 5.64. The van der Waals surface area contributed by atoms with Crippen molar-refractivity contribution >= 4 is 17.4 Å². The number of aromatic nitrogens is 5. The number of amides is 1. The van der Waals surface area contributed by atoms with Crippen molar-refractivity contribution in [3.63, 3.8) is 0 Å². The van der Waals surface area contributed by atoms with Gasteiger partial charge in [-0.3, -0.25) is 14.5 Å². The maximum Gasteiger partial charge on any atom is 0.433 e. The van der Waals surface area contributed by atoms with E-state index in [1.165, 1.54) is 12.3 Å². The molecule has 11 heteroatoms. The largest absolute Gasteiger partial charge is 0.433 e. The predicted molar refractivity (Wildman–Crippen MR) is 116 cm³/mol. The molecule has 4 rings (SSSR count). The van der Waals surface area contributed by atoms with Crippen molar-refractivity contribution in [3.05, 3.63) is 59.1 Å². The highest BCUT2D eigenvalue weighted by Crippen LogP contribution is 2.32. The van der Waals surface area contributed by atoms with Crippen LogP contribution in [0.2, 0.25) is 0 Å². The fourth-order valence-electron chi connectivity index (χ4n) is 3.87. The molecule has 0 saturated heterocycles. The molecule has 0 aromatic carbocycles. The average Bonchev–Trinajstić information content (AvgIpc) is 3.20. The second-order valence-electron chi connectivity index (χ2n) is 8.04. The van der Waals surface area contributed by atoms with Crippen LogP contribution in [0.4, 0.5) is 24.7 Å². The lowest BCUT2D eigenvalue weighted by Gasteiger charge is -2.34. The van der Waals surface area contributed by atoms with Crippen molar-refractivity contribution in [1.82, 2.24) is 24.7 Å². The molecular formula is C22H24F3N7O. The first kappa shape index (κ1) is 22.7. The molecule has 1 aliphatic heterocycles. The molecule has 0 unspecified atom stereocenters. The SMILES string of the molecule is CC[C@H]1C(=O)Nc2c(C)nc(CCc3cnn(Cc4ccc(C(F)(F)F)nc4)c3)nc2N1C. The maximum atomic E-state index is 12.7. The van der Waals surface area contributed by atoms with Gasteiger partial charge in [0.2, 0.25) is 5.91 Å². The van der Waals surface area contributed by atoms with Crippen LogP contribution in [-0.2, 0) is 30.4 Å². The van der Waals surface area contributed by atoms with Gasteiger partial charge in [-0.25, -0.2) is 9.97 Å². The molecule has 174 valence electrons. The van der Waals surface area contributed by atoms with Gasteiger partial charge in [0.25, 0.3) is 0 Å². The van der Waals surface area contributed by atoms with Gasteiger partial charge in [-0.05, 0) is 37.0 Å². The van der Waals surface area contributed by atoms with E-state index in [9.17, 15) is 18.0 Å². The molecule has 4 heterocycles. The van der Waals surface area contributed by atoms with Gasteiger partial charge in [0.1, 0.15) is 23.2 Å². The molecule has 1 amide bonds. The number of hydrogen-bond donors (Lipinski definition) is 1. The molecule has 0 bridgehead atoms. The van der Waals surface area contributed by atoms with Crippen LogP contribution >= 0.6 is 0 Å². The van der Waals surface area contributed by atoms with Crippen molar-refractivity contribution in [3.8, 4) is 0 Å². The highest BCUT2D eigenvalue weighted by Gasteiger charge is 2.33. The second kappa shape index (κ2) is 8.80. The summed E-state index contributed by atoms with van der Waals surface area (Å²) in [7, 11) is 1.86. The number of fused-ring (bicyclic) bond motifs is 1. The Kier molecular flexibility index (Phi) is 6.05. The fourth-order valence-corrected chi connectivity index (χ4v) is 3.87. The van der Waals surface area contributed by atoms with E-state index in [-0.39, 0.29) is 11.9 Å². The third-order valence-electron chi connectivity index (χ3n) is 5.64. The summed E-state index contributed by atoms with van der Waals surface area (Å²) >= 11 is 0. The minimum absolute atomic E-state index is 0.0531. The minimum Gasteiger partial charge on any atom is -0.346 e. The summed E-state index contributed by atoms with van der Waals surface area (Å²) in [5.41, 5.74) is 2.04. The molecule has 0 saturated carbocycles. The molecule has 1 atom stereocenters. The van der Waals surface area contributed by atoms with Crippen molar-refractivity contribution in [1.29, 1.82) is 0 Å². The number of halogens is 3. The molecule has 0 spiro atoms. The second-order valence-corrected chi connectivity index (χ2v) is 8.04. The molecule has 0 aliphatic carbocycles. The molecular weight excluding hydrogens is 435 g/mol. The van der Waals surface area contributed by atoms with E-state index in [1.807, 2.05) is 32.0 Å². The van der Waals surface area contributed by atoms with Crippen LogP contribution in [0.15, 0.2) is 30.7 Å². The quantitative estimate of drug-likeness (QED) is 0.608. The van der Waals surface area contributed by atoms with E-state index in [0.717, 1.165) is 23.1 Å². The number of rotatable bonds is 6. The lowest BCUT2D eigenvalue weighted by molar-refractivity contribution is -0.141.